The van der Waals surface area contributed by atoms with Crippen molar-refractivity contribution in [3.05, 3.63) is 98.2 Å². The van der Waals surface area contributed by atoms with E-state index in [2.05, 4.69) is 0 Å². The van der Waals surface area contributed by atoms with Gasteiger partial charge in [-0.1, -0.05) is 50.2 Å². The van der Waals surface area contributed by atoms with Crippen molar-refractivity contribution in [1.82, 2.24) is 9.80 Å². The van der Waals surface area contributed by atoms with Crippen LogP contribution in [-0.4, -0.2) is 39.6 Å². The first-order valence-corrected chi connectivity index (χ1v) is 11.6. The van der Waals surface area contributed by atoms with Gasteiger partial charge in [-0.3, -0.25) is 19.7 Å². The van der Waals surface area contributed by atoms with Gasteiger partial charge in [-0.15, -0.1) is 11.3 Å². The van der Waals surface area contributed by atoms with Gasteiger partial charge in [0.05, 0.1) is 11.5 Å². The van der Waals surface area contributed by atoms with Crippen molar-refractivity contribution in [2.24, 2.45) is 5.92 Å². The van der Waals surface area contributed by atoms with Gasteiger partial charge in [0.15, 0.2) is 0 Å². The van der Waals surface area contributed by atoms with Crippen LogP contribution in [0.4, 0.5) is 5.69 Å². The van der Waals surface area contributed by atoms with Gasteiger partial charge in [0.25, 0.3) is 11.6 Å². The molecule has 33 heavy (non-hydrogen) atoms. The van der Waals surface area contributed by atoms with E-state index in [0.717, 1.165) is 10.4 Å². The molecule has 2 aromatic carbocycles. The maximum atomic E-state index is 13.4. The molecular formula is C25H27N3O4S. The summed E-state index contributed by atoms with van der Waals surface area (Å²) in [7, 11) is 0. The van der Waals surface area contributed by atoms with Gasteiger partial charge in [0.2, 0.25) is 5.91 Å². The van der Waals surface area contributed by atoms with Crippen LogP contribution in [0.15, 0.2) is 72.1 Å². The number of thiophene rings is 1. The lowest BCUT2D eigenvalue weighted by Gasteiger charge is -2.29. The third kappa shape index (κ3) is 6.98. The molecule has 1 aromatic heterocycles. The van der Waals surface area contributed by atoms with Gasteiger partial charge >= 0.3 is 0 Å². The van der Waals surface area contributed by atoms with Crippen LogP contribution in [0.25, 0.3) is 0 Å². The van der Waals surface area contributed by atoms with Crippen molar-refractivity contribution in [3.63, 3.8) is 0 Å². The summed E-state index contributed by atoms with van der Waals surface area (Å²) >= 11 is 1.59. The molecule has 0 N–H and O–H groups in total. The van der Waals surface area contributed by atoms with Gasteiger partial charge in [0.1, 0.15) is 6.54 Å². The molecule has 2 amide bonds. The van der Waals surface area contributed by atoms with Crippen molar-refractivity contribution in [2.45, 2.75) is 26.9 Å². The molecule has 0 atom stereocenters. The minimum Gasteiger partial charge on any atom is -0.332 e. The quantitative estimate of drug-likeness (QED) is 0.312. The van der Waals surface area contributed by atoms with Gasteiger partial charge in [0, 0.05) is 35.7 Å². The largest absolute Gasteiger partial charge is 0.332 e. The van der Waals surface area contributed by atoms with E-state index in [9.17, 15) is 19.7 Å². The number of hydrogen-bond donors (Lipinski definition) is 0. The Balaban J connectivity index is 1.80. The lowest BCUT2D eigenvalue weighted by Crippen LogP contribution is -2.43. The number of hydrogen-bond acceptors (Lipinski definition) is 5. The third-order valence-corrected chi connectivity index (χ3v) is 5.88. The van der Waals surface area contributed by atoms with Crippen LogP contribution in [0.5, 0.6) is 0 Å². The van der Waals surface area contributed by atoms with Crippen molar-refractivity contribution >= 4 is 28.8 Å². The van der Waals surface area contributed by atoms with Gasteiger partial charge in [-0.25, -0.2) is 0 Å². The second kappa shape index (κ2) is 11.4. The number of rotatable bonds is 10. The van der Waals surface area contributed by atoms with Crippen molar-refractivity contribution in [1.29, 1.82) is 0 Å². The molecule has 0 aliphatic carbocycles. The smallest absolute Gasteiger partial charge is 0.269 e. The molecule has 0 saturated heterocycles. The molecule has 3 aromatic rings. The first-order valence-electron chi connectivity index (χ1n) is 10.7. The highest BCUT2D eigenvalue weighted by molar-refractivity contribution is 7.09. The van der Waals surface area contributed by atoms with Crippen LogP contribution in [0.3, 0.4) is 0 Å². The topological polar surface area (TPSA) is 83.8 Å². The van der Waals surface area contributed by atoms with Crippen LogP contribution >= 0.6 is 11.3 Å². The zero-order valence-electron chi connectivity index (χ0n) is 18.7. The zero-order chi connectivity index (χ0) is 23.8. The Bertz CT molecular complexity index is 1070. The van der Waals surface area contributed by atoms with Gasteiger partial charge < -0.3 is 9.80 Å². The fourth-order valence-electron chi connectivity index (χ4n) is 3.46. The molecule has 0 aliphatic rings. The van der Waals surface area contributed by atoms with Crippen LogP contribution in [0, 0.1) is 16.0 Å². The monoisotopic (exact) mass is 465 g/mol. The Kier molecular flexibility index (Phi) is 8.32. The first kappa shape index (κ1) is 24.1. The molecule has 0 aliphatic heterocycles. The summed E-state index contributed by atoms with van der Waals surface area (Å²) in [5.41, 5.74) is 1.25. The fraction of sp³-hybridized carbons (Fsp3) is 0.280. The minimum absolute atomic E-state index is 0.0633. The number of benzene rings is 2. The lowest BCUT2D eigenvalue weighted by molar-refractivity contribution is -0.384. The highest BCUT2D eigenvalue weighted by Crippen LogP contribution is 2.17. The maximum Gasteiger partial charge on any atom is 0.269 e. The summed E-state index contributed by atoms with van der Waals surface area (Å²) in [6, 6.07) is 19.2. The third-order valence-electron chi connectivity index (χ3n) is 5.02. The molecule has 0 radical (unpaired) electrons. The van der Waals surface area contributed by atoms with E-state index in [1.165, 1.54) is 29.2 Å². The number of non-ortho nitro benzene ring substituents is 1. The molecule has 0 unspecified atom stereocenters. The molecule has 0 fully saturated rings. The molecule has 8 heteroatoms. The Morgan fingerprint density at radius 2 is 1.64 bits per heavy atom. The SMILES string of the molecule is CC(C)CN(CC(=O)N(Cc1ccccc1)Cc1cccs1)C(=O)c1ccc([N+](=O)[O-])cc1. The second-order valence-corrected chi connectivity index (χ2v) is 9.23. The standard InChI is InChI=1S/C25H27N3O4S/c1-19(2)15-27(25(30)21-10-12-22(13-11-21)28(31)32)18-24(29)26(17-23-9-6-14-33-23)16-20-7-4-3-5-8-20/h3-14,19H,15-18H2,1-2H3. The zero-order valence-corrected chi connectivity index (χ0v) is 19.5. The average molecular weight is 466 g/mol. The highest BCUT2D eigenvalue weighted by atomic mass is 32.1. The summed E-state index contributed by atoms with van der Waals surface area (Å²) < 4.78 is 0. The van der Waals surface area contributed by atoms with E-state index in [0.29, 0.717) is 25.2 Å². The van der Waals surface area contributed by atoms with E-state index >= 15 is 0 Å². The molecule has 3 rings (SSSR count). The fourth-order valence-corrected chi connectivity index (χ4v) is 4.18. The Morgan fingerprint density at radius 3 is 2.21 bits per heavy atom. The van der Waals surface area contributed by atoms with Crippen LogP contribution < -0.4 is 0 Å². The molecule has 172 valence electrons. The van der Waals surface area contributed by atoms with Crippen molar-refractivity contribution in [2.75, 3.05) is 13.1 Å². The highest BCUT2D eigenvalue weighted by Gasteiger charge is 2.24. The Morgan fingerprint density at radius 1 is 0.939 bits per heavy atom. The normalized spacial score (nSPS) is 10.8. The predicted octanol–water partition coefficient (Wildman–Crippen LogP) is 4.98. The first-order chi connectivity index (χ1) is 15.8. The number of nitro benzene ring substituents is 1. The van der Waals surface area contributed by atoms with Crippen LogP contribution in [-0.2, 0) is 17.9 Å². The second-order valence-electron chi connectivity index (χ2n) is 8.20. The van der Waals surface area contributed by atoms with E-state index in [4.69, 9.17) is 0 Å². The Labute approximate surface area is 197 Å². The summed E-state index contributed by atoms with van der Waals surface area (Å²) in [5.74, 6) is -0.314. The molecule has 0 spiro atoms. The van der Waals surface area contributed by atoms with Gasteiger partial charge in [-0.05, 0) is 35.1 Å². The van der Waals surface area contributed by atoms with E-state index < -0.39 is 4.92 Å². The van der Waals surface area contributed by atoms with E-state index in [1.54, 1.807) is 16.2 Å². The summed E-state index contributed by atoms with van der Waals surface area (Å²) in [4.78, 5) is 41.3. The van der Waals surface area contributed by atoms with Crippen LogP contribution in [0.2, 0.25) is 0 Å². The lowest BCUT2D eigenvalue weighted by atomic mass is 10.1. The van der Waals surface area contributed by atoms with Gasteiger partial charge in [-0.2, -0.15) is 0 Å². The molecule has 0 saturated carbocycles. The molecule has 0 bridgehead atoms. The molecule has 1 heterocycles. The van der Waals surface area contributed by atoms with Crippen molar-refractivity contribution in [3.8, 4) is 0 Å². The Hall–Kier alpha value is -3.52. The number of amides is 2. The molecular weight excluding hydrogens is 438 g/mol. The van der Waals surface area contributed by atoms with E-state index in [1.807, 2.05) is 61.7 Å². The number of carbonyl (C=O) groups excluding carboxylic acids is 2. The minimum atomic E-state index is -0.504. The summed E-state index contributed by atoms with van der Waals surface area (Å²) in [6.07, 6.45) is 0. The number of carbonyl (C=O) groups is 2. The number of nitro groups is 1. The maximum absolute atomic E-state index is 13.4. The summed E-state index contributed by atoms with van der Waals surface area (Å²) in [6.45, 7) is 5.21. The number of nitrogens with zero attached hydrogens (tertiary/aromatic N) is 3. The predicted molar refractivity (Wildman–Crippen MR) is 129 cm³/mol. The van der Waals surface area contributed by atoms with Crippen molar-refractivity contribution < 1.29 is 14.5 Å². The summed E-state index contributed by atoms with van der Waals surface area (Å²) in [5, 5.41) is 12.9. The van der Waals surface area contributed by atoms with Crippen LogP contribution in [0.1, 0.15) is 34.6 Å². The van der Waals surface area contributed by atoms with E-state index in [-0.39, 0.29) is 30.0 Å². The average Bonchev–Trinajstić information content (AvgIpc) is 3.31. The molecule has 7 nitrogen and oxygen atoms in total.